The highest BCUT2D eigenvalue weighted by atomic mass is 16.5. The van der Waals surface area contributed by atoms with Gasteiger partial charge in [0.05, 0.1) is 19.3 Å². The van der Waals surface area contributed by atoms with Gasteiger partial charge in [-0.1, -0.05) is 19.3 Å². The summed E-state index contributed by atoms with van der Waals surface area (Å²) in [4.78, 5) is 26.8. The van der Waals surface area contributed by atoms with Crippen LogP contribution in [0.3, 0.4) is 0 Å². The number of amides is 1. The molecular weight excluding hydrogens is 284 g/mol. The largest absolute Gasteiger partial charge is 0.480 e. The van der Waals surface area contributed by atoms with E-state index in [0.29, 0.717) is 38.6 Å². The molecule has 6 nitrogen and oxygen atoms in total. The van der Waals surface area contributed by atoms with Crippen molar-refractivity contribution in [2.75, 3.05) is 39.8 Å². The highest BCUT2D eigenvalue weighted by molar-refractivity contribution is 5.76. The van der Waals surface area contributed by atoms with Gasteiger partial charge in [0.1, 0.15) is 0 Å². The molecule has 0 radical (unpaired) electrons. The van der Waals surface area contributed by atoms with Crippen molar-refractivity contribution in [1.29, 1.82) is 0 Å². The van der Waals surface area contributed by atoms with Crippen molar-refractivity contribution in [3.8, 4) is 0 Å². The molecule has 2 fully saturated rings. The summed E-state index contributed by atoms with van der Waals surface area (Å²) in [5.74, 6) is -0.0538. The quantitative estimate of drug-likeness (QED) is 0.798. The van der Waals surface area contributed by atoms with Crippen LogP contribution in [-0.2, 0) is 14.3 Å². The van der Waals surface area contributed by atoms with Crippen molar-refractivity contribution in [1.82, 2.24) is 9.80 Å². The topological polar surface area (TPSA) is 70.1 Å². The molecule has 0 aromatic heterocycles. The second kappa shape index (κ2) is 8.48. The second-order valence-electron chi connectivity index (χ2n) is 6.63. The molecule has 2 aliphatic rings. The molecule has 0 bridgehead atoms. The molecule has 2 rings (SSSR count). The van der Waals surface area contributed by atoms with Gasteiger partial charge in [0, 0.05) is 26.1 Å². The lowest BCUT2D eigenvalue weighted by atomic mass is 9.86. The van der Waals surface area contributed by atoms with Crippen LogP contribution in [0.1, 0.15) is 38.5 Å². The zero-order valence-corrected chi connectivity index (χ0v) is 13.5. The molecule has 1 aliphatic heterocycles. The Bertz CT molecular complexity index is 382. The van der Waals surface area contributed by atoms with Gasteiger partial charge in [-0.2, -0.15) is 0 Å². The lowest BCUT2D eigenvalue weighted by molar-refractivity contribution is -0.143. The molecule has 1 aliphatic carbocycles. The lowest BCUT2D eigenvalue weighted by Crippen LogP contribution is -2.50. The summed E-state index contributed by atoms with van der Waals surface area (Å²) in [6.45, 7) is 2.32. The summed E-state index contributed by atoms with van der Waals surface area (Å²) in [6, 6.07) is 0. The van der Waals surface area contributed by atoms with E-state index in [1.165, 1.54) is 32.1 Å². The molecule has 0 spiro atoms. The van der Waals surface area contributed by atoms with E-state index in [1.807, 2.05) is 4.90 Å². The fourth-order valence-corrected chi connectivity index (χ4v) is 3.47. The van der Waals surface area contributed by atoms with Crippen molar-refractivity contribution in [2.24, 2.45) is 5.92 Å². The van der Waals surface area contributed by atoms with E-state index >= 15 is 0 Å². The molecular formula is C16H28N2O4. The summed E-state index contributed by atoms with van der Waals surface area (Å²) >= 11 is 0. The fraction of sp³-hybridized carbons (Fsp3) is 0.875. The lowest BCUT2D eigenvalue weighted by Gasteiger charge is -2.35. The van der Waals surface area contributed by atoms with E-state index in [-0.39, 0.29) is 18.6 Å². The number of rotatable bonds is 6. The molecule has 1 saturated carbocycles. The van der Waals surface area contributed by atoms with E-state index < -0.39 is 5.97 Å². The van der Waals surface area contributed by atoms with Crippen LogP contribution in [0.25, 0.3) is 0 Å². The normalized spacial score (nSPS) is 23.7. The summed E-state index contributed by atoms with van der Waals surface area (Å²) < 4.78 is 5.67. The molecule has 0 aromatic rings. The van der Waals surface area contributed by atoms with Crippen molar-refractivity contribution in [2.45, 2.75) is 44.6 Å². The van der Waals surface area contributed by atoms with Gasteiger partial charge >= 0.3 is 5.97 Å². The van der Waals surface area contributed by atoms with Crippen LogP contribution in [0.15, 0.2) is 0 Å². The van der Waals surface area contributed by atoms with Crippen LogP contribution in [0, 0.1) is 5.92 Å². The minimum absolute atomic E-state index is 0.00409. The monoisotopic (exact) mass is 312 g/mol. The minimum atomic E-state index is -0.844. The molecule has 1 unspecified atom stereocenters. The molecule has 1 heterocycles. The van der Waals surface area contributed by atoms with Crippen LogP contribution >= 0.6 is 0 Å². The number of carboxylic acids is 1. The Morgan fingerprint density at radius 2 is 2.00 bits per heavy atom. The predicted octanol–water partition coefficient (Wildman–Crippen LogP) is 1.20. The maximum Gasteiger partial charge on any atom is 0.317 e. The number of hydrogen-bond donors (Lipinski definition) is 1. The SMILES string of the molecule is CN(CC(=O)O)CC1CN(C(=O)CC2CCCCC2)CCO1. The number of carbonyl (C=O) groups excluding carboxylic acids is 1. The number of nitrogens with zero attached hydrogens (tertiary/aromatic N) is 2. The molecule has 1 atom stereocenters. The van der Waals surface area contributed by atoms with Gasteiger partial charge in [-0.15, -0.1) is 0 Å². The Labute approximate surface area is 132 Å². The second-order valence-corrected chi connectivity index (χ2v) is 6.63. The zero-order valence-electron chi connectivity index (χ0n) is 13.5. The molecule has 1 N–H and O–H groups in total. The third-order valence-electron chi connectivity index (χ3n) is 4.60. The first kappa shape index (κ1) is 17.2. The number of hydrogen-bond acceptors (Lipinski definition) is 4. The molecule has 22 heavy (non-hydrogen) atoms. The van der Waals surface area contributed by atoms with Gasteiger partial charge in [0.15, 0.2) is 0 Å². The van der Waals surface area contributed by atoms with Crippen molar-refractivity contribution in [3.63, 3.8) is 0 Å². The zero-order chi connectivity index (χ0) is 15.9. The van der Waals surface area contributed by atoms with Gasteiger partial charge in [0.25, 0.3) is 0 Å². The molecule has 1 saturated heterocycles. The minimum Gasteiger partial charge on any atom is -0.480 e. The number of likely N-dealkylation sites (N-methyl/N-ethyl adjacent to an activating group) is 1. The Morgan fingerprint density at radius 3 is 2.68 bits per heavy atom. The molecule has 6 heteroatoms. The predicted molar refractivity (Wildman–Crippen MR) is 82.6 cm³/mol. The van der Waals surface area contributed by atoms with Crippen molar-refractivity contribution >= 4 is 11.9 Å². The first-order valence-electron chi connectivity index (χ1n) is 8.34. The molecule has 126 valence electrons. The van der Waals surface area contributed by atoms with Crippen molar-refractivity contribution in [3.05, 3.63) is 0 Å². The summed E-state index contributed by atoms with van der Waals surface area (Å²) in [5, 5.41) is 8.79. The van der Waals surface area contributed by atoms with Crippen LogP contribution in [0.2, 0.25) is 0 Å². The standard InChI is InChI=1S/C16H28N2O4/c1-17(12-16(20)21)10-14-11-18(7-8-22-14)15(19)9-13-5-3-2-4-6-13/h13-14H,2-12H2,1H3,(H,20,21). The fourth-order valence-electron chi connectivity index (χ4n) is 3.47. The number of aliphatic carboxylic acids is 1. The first-order valence-corrected chi connectivity index (χ1v) is 8.34. The van der Waals surface area contributed by atoms with E-state index in [1.54, 1.807) is 11.9 Å². The number of morpholine rings is 1. The molecule has 0 aromatic carbocycles. The highest BCUT2D eigenvalue weighted by Crippen LogP contribution is 2.27. The number of carbonyl (C=O) groups is 2. The maximum absolute atomic E-state index is 12.4. The van der Waals surface area contributed by atoms with Gasteiger partial charge < -0.3 is 14.7 Å². The summed E-state index contributed by atoms with van der Waals surface area (Å²) in [7, 11) is 1.76. The van der Waals surface area contributed by atoms with Crippen LogP contribution in [0.4, 0.5) is 0 Å². The number of carboxylic acid groups (broad SMARTS) is 1. The van der Waals surface area contributed by atoms with Crippen molar-refractivity contribution < 1.29 is 19.4 Å². The third kappa shape index (κ3) is 5.57. The maximum atomic E-state index is 12.4. The Kier molecular flexibility index (Phi) is 6.64. The van der Waals surface area contributed by atoms with Gasteiger partial charge in [-0.3, -0.25) is 14.5 Å². The average Bonchev–Trinajstić information content (AvgIpc) is 2.47. The Hall–Kier alpha value is -1.14. The number of ether oxygens (including phenoxy) is 1. The summed E-state index contributed by atoms with van der Waals surface area (Å²) in [5.41, 5.74) is 0. The van der Waals surface area contributed by atoms with Gasteiger partial charge in [0.2, 0.25) is 5.91 Å². The highest BCUT2D eigenvalue weighted by Gasteiger charge is 2.27. The first-order chi connectivity index (χ1) is 10.5. The third-order valence-corrected chi connectivity index (χ3v) is 4.60. The molecule has 1 amide bonds. The average molecular weight is 312 g/mol. The smallest absolute Gasteiger partial charge is 0.317 e. The van der Waals surface area contributed by atoms with E-state index in [0.717, 1.165) is 0 Å². The van der Waals surface area contributed by atoms with E-state index in [4.69, 9.17) is 9.84 Å². The summed E-state index contributed by atoms with van der Waals surface area (Å²) in [6.07, 6.45) is 6.75. The van der Waals surface area contributed by atoms with E-state index in [9.17, 15) is 9.59 Å². The Balaban J connectivity index is 1.76. The van der Waals surface area contributed by atoms with Crippen LogP contribution in [-0.4, -0.2) is 72.7 Å². The van der Waals surface area contributed by atoms with E-state index in [2.05, 4.69) is 0 Å². The van der Waals surface area contributed by atoms with Gasteiger partial charge in [-0.25, -0.2) is 0 Å². The van der Waals surface area contributed by atoms with Crippen LogP contribution in [0.5, 0.6) is 0 Å². The van der Waals surface area contributed by atoms with Gasteiger partial charge in [-0.05, 0) is 25.8 Å². The Morgan fingerprint density at radius 1 is 1.27 bits per heavy atom. The van der Waals surface area contributed by atoms with Crippen LogP contribution < -0.4 is 0 Å².